The van der Waals surface area contributed by atoms with Crippen LogP contribution in [0.5, 0.6) is 5.75 Å². The summed E-state index contributed by atoms with van der Waals surface area (Å²) in [6.07, 6.45) is 17.3. The molecule has 29 nitrogen and oxygen atoms in total. The molecular formula is C61H110N12O17. The Morgan fingerprint density at radius 3 is 1.50 bits per heavy atom. The molecule has 3 atom stereocenters. The minimum Gasteiger partial charge on any atom is -0.494 e. The van der Waals surface area contributed by atoms with Gasteiger partial charge in [0, 0.05) is 44.0 Å². The molecule has 2 aromatic heterocycles. The maximum atomic E-state index is 13.2. The zero-order valence-electron chi connectivity index (χ0n) is 53.4. The number of hydrogen-bond acceptors (Lipinski definition) is 24. The molecule has 3 aromatic rings. The second-order valence-electron chi connectivity index (χ2n) is 21.4. The Balaban J connectivity index is 1.28. The Kier molecular flexibility index (Phi) is 49.1. The minimum absolute atomic E-state index is 0.00852. The van der Waals surface area contributed by atoms with Crippen molar-refractivity contribution in [2.75, 3.05) is 152 Å². The lowest BCUT2D eigenvalue weighted by molar-refractivity contribution is -0.145. The maximum absolute atomic E-state index is 13.2. The van der Waals surface area contributed by atoms with Gasteiger partial charge in [-0.2, -0.15) is 0 Å². The number of aliphatic carboxylic acids is 1. The number of nitrogens with zero attached hydrogens (tertiary/aromatic N) is 6. The molecule has 90 heavy (non-hydrogen) atoms. The average Bonchev–Trinajstić information content (AvgIpc) is 4.09. The molecule has 0 radical (unpaired) electrons. The summed E-state index contributed by atoms with van der Waals surface area (Å²) in [4.78, 5) is 43.4. The first-order chi connectivity index (χ1) is 44.2. The highest BCUT2D eigenvalue weighted by Crippen LogP contribution is 2.23. The first-order valence-electron chi connectivity index (χ1n) is 32.5. The van der Waals surface area contributed by atoms with Crippen molar-refractivity contribution in [1.29, 1.82) is 0 Å². The summed E-state index contributed by atoms with van der Waals surface area (Å²) >= 11 is 0. The molecule has 0 saturated carbocycles. The molecule has 2 heterocycles. The highest BCUT2D eigenvalue weighted by atomic mass is 16.7. The van der Waals surface area contributed by atoms with E-state index in [1.54, 1.807) is 9.36 Å². The van der Waals surface area contributed by atoms with E-state index in [0.717, 1.165) is 86.9 Å². The van der Waals surface area contributed by atoms with Gasteiger partial charge in [0.2, 0.25) is 11.8 Å². The van der Waals surface area contributed by atoms with E-state index < -0.39 is 42.2 Å². The summed E-state index contributed by atoms with van der Waals surface area (Å²) in [5.74, 6) is -1.33. The summed E-state index contributed by atoms with van der Waals surface area (Å²) in [7, 11) is 0. The van der Waals surface area contributed by atoms with Crippen molar-refractivity contribution in [1.82, 2.24) is 46.1 Å². The summed E-state index contributed by atoms with van der Waals surface area (Å²) < 4.78 is 60.6. The number of amides is 2. The van der Waals surface area contributed by atoms with Crippen molar-refractivity contribution >= 4 is 17.8 Å². The number of carbonyl (C=O) groups excluding carboxylic acids is 2. The third kappa shape index (κ3) is 41.5. The SMILES string of the molecule is NCCCC[C@H](NC(=O)[C@H](CCCCCCNOCCOCCCCCCCCOc1ccc(C(OCCc2cn(CCOCCOCCOCCO)nn2)OCCc2cn(CCOCCOCCOCCO)nn2)cc1)NC(=O)[C@@H](N)CCCCN)C(=O)O. The summed E-state index contributed by atoms with van der Waals surface area (Å²) in [5.41, 5.74) is 22.6. The normalized spacial score (nSPS) is 12.6. The second-order valence-corrected chi connectivity index (χ2v) is 21.4. The number of hydroxylamine groups is 1. The standard InChI is InChI=1S/C61H110N12O17/c62-24-10-8-15-55(64)58(76)66-56(59(77)67-57(60(78)79)17-9-11-25-63)16-7-3-4-12-26-65-90-48-47-80-31-13-5-1-2-6-14-32-87-54-20-18-51(19-21-54)61(88-33-22-52-49-72(70-68-52)27-35-81-39-43-85-45-41-83-37-29-74)89-34-23-53-50-73(71-69-53)28-36-82-40-44-86-46-42-84-38-30-75/h18-21,49-50,55-57,61,65,74-75H,1-17,22-48,62-64H2,(H,66,76)(H,67,77)(H,78,79)/t55-,56-,57-/m0/s1. The molecule has 516 valence electrons. The highest BCUT2D eigenvalue weighted by Gasteiger charge is 2.28. The van der Waals surface area contributed by atoms with Crippen molar-refractivity contribution in [2.24, 2.45) is 17.2 Å². The van der Waals surface area contributed by atoms with Gasteiger partial charge in [0.15, 0.2) is 6.29 Å². The molecule has 0 aliphatic heterocycles. The topological polar surface area (TPSA) is 389 Å². The lowest BCUT2D eigenvalue weighted by atomic mass is 10.0. The van der Waals surface area contributed by atoms with E-state index in [9.17, 15) is 19.5 Å². The van der Waals surface area contributed by atoms with E-state index in [-0.39, 0.29) is 19.6 Å². The molecule has 0 unspecified atom stereocenters. The number of ether oxygens (including phenoxy) is 10. The highest BCUT2D eigenvalue weighted by molar-refractivity contribution is 5.91. The summed E-state index contributed by atoms with van der Waals surface area (Å²) in [6.45, 7) is 10.6. The molecule has 0 aliphatic carbocycles. The van der Waals surface area contributed by atoms with Crippen LogP contribution >= 0.6 is 0 Å². The Labute approximate surface area is 531 Å². The Bertz CT molecular complexity index is 2100. The summed E-state index contributed by atoms with van der Waals surface area (Å²) in [5, 5.41) is 49.7. The van der Waals surface area contributed by atoms with Crippen LogP contribution in [-0.2, 0) is 87.8 Å². The van der Waals surface area contributed by atoms with Crippen LogP contribution < -0.4 is 38.1 Å². The van der Waals surface area contributed by atoms with Gasteiger partial charge in [0.1, 0.15) is 17.8 Å². The van der Waals surface area contributed by atoms with E-state index in [1.165, 1.54) is 0 Å². The Hall–Kier alpha value is -4.93. The predicted molar refractivity (Wildman–Crippen MR) is 334 cm³/mol. The number of aliphatic hydroxyl groups is 2. The molecule has 0 fully saturated rings. The fourth-order valence-corrected chi connectivity index (χ4v) is 8.82. The van der Waals surface area contributed by atoms with E-state index >= 15 is 0 Å². The van der Waals surface area contributed by atoms with Gasteiger partial charge in [-0.25, -0.2) is 19.6 Å². The molecule has 12 N–H and O–H groups in total. The predicted octanol–water partition coefficient (Wildman–Crippen LogP) is 2.32. The number of unbranched alkanes of at least 4 members (excludes halogenated alkanes) is 10. The largest absolute Gasteiger partial charge is 0.494 e. The Morgan fingerprint density at radius 2 is 0.944 bits per heavy atom. The molecule has 0 bridgehead atoms. The van der Waals surface area contributed by atoms with E-state index in [4.69, 9.17) is 79.6 Å². The number of carboxylic acid groups (broad SMARTS) is 1. The third-order valence-electron chi connectivity index (χ3n) is 13.9. The number of carboxylic acids is 1. The number of nitrogens with two attached hydrogens (primary N) is 3. The number of nitrogens with one attached hydrogen (secondary N) is 3. The van der Waals surface area contributed by atoms with Crippen molar-refractivity contribution in [2.45, 2.75) is 160 Å². The van der Waals surface area contributed by atoms with Crippen LogP contribution in [0, 0.1) is 0 Å². The molecule has 0 saturated heterocycles. The van der Waals surface area contributed by atoms with Crippen LogP contribution in [0.25, 0.3) is 0 Å². The van der Waals surface area contributed by atoms with Gasteiger partial charge in [0.25, 0.3) is 0 Å². The molecule has 0 spiro atoms. The van der Waals surface area contributed by atoms with Gasteiger partial charge in [-0.05, 0) is 83.0 Å². The molecule has 1 aromatic carbocycles. The van der Waals surface area contributed by atoms with Crippen molar-refractivity contribution in [3.8, 4) is 5.75 Å². The maximum Gasteiger partial charge on any atom is 0.326 e. The van der Waals surface area contributed by atoms with Gasteiger partial charge in [-0.3, -0.25) is 14.4 Å². The van der Waals surface area contributed by atoms with Crippen molar-refractivity contribution < 1.29 is 81.9 Å². The van der Waals surface area contributed by atoms with Gasteiger partial charge < -0.3 is 90.5 Å². The number of hydrogen-bond donors (Lipinski definition) is 9. The number of aromatic nitrogens is 6. The van der Waals surface area contributed by atoms with Crippen molar-refractivity contribution in [3.05, 3.63) is 53.6 Å². The van der Waals surface area contributed by atoms with Crippen LogP contribution in [0.1, 0.15) is 132 Å². The summed E-state index contributed by atoms with van der Waals surface area (Å²) in [6, 6.07) is 5.05. The zero-order chi connectivity index (χ0) is 64.6. The van der Waals surface area contributed by atoms with E-state index in [2.05, 4.69) is 36.7 Å². The lowest BCUT2D eigenvalue weighted by Gasteiger charge is -2.23. The molecule has 29 heteroatoms. The molecule has 0 aliphatic rings. The molecule has 3 rings (SSSR count). The monoisotopic (exact) mass is 1280 g/mol. The second kappa shape index (κ2) is 55.7. The quantitative estimate of drug-likeness (QED) is 0.0222. The fourth-order valence-electron chi connectivity index (χ4n) is 8.82. The first kappa shape index (κ1) is 79.3. The van der Waals surface area contributed by atoms with Crippen LogP contribution in [0.4, 0.5) is 0 Å². The Morgan fingerprint density at radius 1 is 0.489 bits per heavy atom. The van der Waals surface area contributed by atoms with Gasteiger partial charge >= 0.3 is 5.97 Å². The number of benzene rings is 1. The first-order valence-corrected chi connectivity index (χ1v) is 32.5. The smallest absolute Gasteiger partial charge is 0.326 e. The lowest BCUT2D eigenvalue weighted by Crippen LogP contribution is -2.54. The van der Waals surface area contributed by atoms with Gasteiger partial charge in [-0.15, -0.1) is 10.2 Å². The van der Waals surface area contributed by atoms with Crippen LogP contribution in [0.3, 0.4) is 0 Å². The molecule has 2 amide bonds. The van der Waals surface area contributed by atoms with Crippen LogP contribution in [0.15, 0.2) is 36.7 Å². The van der Waals surface area contributed by atoms with Gasteiger partial charge in [0.05, 0.1) is 156 Å². The molecular weight excluding hydrogens is 1170 g/mol. The van der Waals surface area contributed by atoms with Gasteiger partial charge in [-0.1, -0.05) is 73.9 Å². The van der Waals surface area contributed by atoms with E-state index in [1.807, 2.05) is 36.7 Å². The third-order valence-corrected chi connectivity index (χ3v) is 13.9. The fraction of sp³-hybridized carbons (Fsp3) is 0.787. The zero-order valence-corrected chi connectivity index (χ0v) is 53.4. The van der Waals surface area contributed by atoms with Crippen molar-refractivity contribution in [3.63, 3.8) is 0 Å². The average molecular weight is 1280 g/mol. The van der Waals surface area contributed by atoms with E-state index in [0.29, 0.717) is 203 Å². The number of aliphatic hydroxyl groups excluding tert-OH is 2. The number of carbonyl (C=O) groups is 3. The van der Waals surface area contributed by atoms with Crippen LogP contribution in [-0.4, -0.2) is 233 Å². The number of rotatable bonds is 65. The minimum atomic E-state index is -1.13. The van der Waals surface area contributed by atoms with Crippen LogP contribution in [0.2, 0.25) is 0 Å².